The van der Waals surface area contributed by atoms with Crippen LogP contribution in [0.1, 0.15) is 12.8 Å². The highest BCUT2D eigenvalue weighted by Gasteiger charge is 2.23. The second kappa shape index (κ2) is 7.02. The van der Waals surface area contributed by atoms with Crippen LogP contribution in [0.4, 0.5) is 17.6 Å². The van der Waals surface area contributed by atoms with E-state index in [0.29, 0.717) is 0 Å². The number of para-hydroxylation sites is 1. The Kier molecular flexibility index (Phi) is 4.24. The van der Waals surface area contributed by atoms with E-state index in [1.165, 1.54) is 12.8 Å². The molecule has 4 heterocycles. The summed E-state index contributed by atoms with van der Waals surface area (Å²) in [4.78, 5) is 21.4. The van der Waals surface area contributed by atoms with Crippen LogP contribution in [0.3, 0.4) is 0 Å². The molecule has 1 aromatic carbocycles. The molecular weight excluding hydrogens is 336 g/mol. The first kappa shape index (κ1) is 16.3. The summed E-state index contributed by atoms with van der Waals surface area (Å²) >= 11 is 0. The number of benzene rings is 1. The normalized spacial score (nSPS) is 17.7. The third-order valence-electron chi connectivity index (χ3n) is 5.51. The van der Waals surface area contributed by atoms with Crippen LogP contribution in [0, 0.1) is 0 Å². The molecule has 6 heteroatoms. The average molecular weight is 360 g/mol. The smallest absolute Gasteiger partial charge is 0.228 e. The number of aromatic nitrogens is 3. The van der Waals surface area contributed by atoms with Crippen molar-refractivity contribution < 1.29 is 0 Å². The number of nitrogens with zero attached hydrogens (tertiary/aromatic N) is 6. The van der Waals surface area contributed by atoms with Crippen LogP contribution in [0.15, 0.2) is 48.7 Å². The lowest BCUT2D eigenvalue weighted by molar-refractivity contribution is 0.635. The zero-order chi connectivity index (χ0) is 18.1. The number of hydrogen-bond acceptors (Lipinski definition) is 6. The Morgan fingerprint density at radius 3 is 2.19 bits per heavy atom. The van der Waals surface area contributed by atoms with Gasteiger partial charge in [-0.3, -0.25) is 0 Å². The predicted octanol–water partition coefficient (Wildman–Crippen LogP) is 2.95. The molecule has 0 N–H and O–H groups in total. The minimum Gasteiger partial charge on any atom is -0.356 e. The standard InChI is InChI=1S/C21H24N6/c1-2-8-18-17(7-1)20(26-11-5-6-12-26)24-21(23-18)27-15-13-25(14-16-27)19-9-3-4-10-22-19/h1-4,7-10H,5-6,11-16H2. The lowest BCUT2D eigenvalue weighted by Gasteiger charge is -2.35. The molecule has 0 amide bonds. The van der Waals surface area contributed by atoms with E-state index in [4.69, 9.17) is 9.97 Å². The monoisotopic (exact) mass is 360 g/mol. The number of fused-ring (bicyclic) bond motifs is 1. The van der Waals surface area contributed by atoms with Crippen molar-refractivity contribution >= 4 is 28.5 Å². The van der Waals surface area contributed by atoms with Gasteiger partial charge in [-0.25, -0.2) is 9.97 Å². The summed E-state index contributed by atoms with van der Waals surface area (Å²) in [5.41, 5.74) is 1.04. The average Bonchev–Trinajstić information content (AvgIpc) is 3.28. The van der Waals surface area contributed by atoms with E-state index >= 15 is 0 Å². The molecule has 2 saturated heterocycles. The second-order valence-electron chi connectivity index (χ2n) is 7.22. The molecule has 3 aromatic rings. The van der Waals surface area contributed by atoms with Crippen molar-refractivity contribution in [2.45, 2.75) is 12.8 Å². The van der Waals surface area contributed by atoms with Gasteiger partial charge in [0.2, 0.25) is 5.95 Å². The van der Waals surface area contributed by atoms with Gasteiger partial charge in [-0.2, -0.15) is 4.98 Å². The molecule has 2 fully saturated rings. The highest BCUT2D eigenvalue weighted by molar-refractivity contribution is 5.90. The first-order valence-corrected chi connectivity index (χ1v) is 9.81. The Morgan fingerprint density at radius 1 is 0.667 bits per heavy atom. The quantitative estimate of drug-likeness (QED) is 0.716. The van der Waals surface area contributed by atoms with Gasteiger partial charge in [0.1, 0.15) is 11.6 Å². The SMILES string of the molecule is c1ccc(N2CCN(c3nc(N4CCCC4)c4ccccc4n3)CC2)nc1. The zero-order valence-electron chi connectivity index (χ0n) is 15.5. The first-order chi connectivity index (χ1) is 13.4. The summed E-state index contributed by atoms with van der Waals surface area (Å²) in [5.74, 6) is 3.01. The molecule has 0 bridgehead atoms. The largest absolute Gasteiger partial charge is 0.356 e. The fourth-order valence-corrected chi connectivity index (χ4v) is 4.04. The molecule has 0 radical (unpaired) electrons. The maximum Gasteiger partial charge on any atom is 0.228 e. The third kappa shape index (κ3) is 3.16. The summed E-state index contributed by atoms with van der Waals surface area (Å²) in [6, 6.07) is 14.5. The molecular formula is C21H24N6. The Bertz CT molecular complexity index is 914. The molecule has 0 unspecified atom stereocenters. The molecule has 138 valence electrons. The molecule has 0 atom stereocenters. The van der Waals surface area contributed by atoms with Crippen LogP contribution in [0.2, 0.25) is 0 Å². The van der Waals surface area contributed by atoms with Gasteiger partial charge in [-0.05, 0) is 37.1 Å². The maximum absolute atomic E-state index is 5.01. The van der Waals surface area contributed by atoms with E-state index in [1.807, 2.05) is 18.3 Å². The van der Waals surface area contributed by atoms with Crippen LogP contribution in [0.5, 0.6) is 0 Å². The lowest BCUT2D eigenvalue weighted by atomic mass is 10.2. The topological polar surface area (TPSA) is 48.4 Å². The Balaban J connectivity index is 1.42. The summed E-state index contributed by atoms with van der Waals surface area (Å²) in [6.07, 6.45) is 4.35. The number of rotatable bonds is 3. The van der Waals surface area contributed by atoms with Crippen molar-refractivity contribution in [3.63, 3.8) is 0 Å². The van der Waals surface area contributed by atoms with E-state index in [1.54, 1.807) is 0 Å². The lowest BCUT2D eigenvalue weighted by Crippen LogP contribution is -2.47. The van der Waals surface area contributed by atoms with E-state index < -0.39 is 0 Å². The highest BCUT2D eigenvalue weighted by atomic mass is 15.3. The summed E-state index contributed by atoms with van der Waals surface area (Å²) in [7, 11) is 0. The van der Waals surface area contributed by atoms with E-state index in [0.717, 1.165) is 67.8 Å². The van der Waals surface area contributed by atoms with Gasteiger partial charge in [0.05, 0.1) is 5.52 Å². The second-order valence-corrected chi connectivity index (χ2v) is 7.22. The van der Waals surface area contributed by atoms with Crippen molar-refractivity contribution in [1.29, 1.82) is 0 Å². The van der Waals surface area contributed by atoms with E-state index in [2.05, 4.69) is 50.0 Å². The van der Waals surface area contributed by atoms with Crippen LogP contribution >= 0.6 is 0 Å². The van der Waals surface area contributed by atoms with Gasteiger partial charge < -0.3 is 14.7 Å². The molecule has 0 spiro atoms. The van der Waals surface area contributed by atoms with Crippen LogP contribution in [0.25, 0.3) is 10.9 Å². The fourth-order valence-electron chi connectivity index (χ4n) is 4.04. The van der Waals surface area contributed by atoms with Crippen LogP contribution < -0.4 is 14.7 Å². The summed E-state index contributed by atoms with van der Waals surface area (Å²) < 4.78 is 0. The number of piperazine rings is 1. The van der Waals surface area contributed by atoms with Gasteiger partial charge >= 0.3 is 0 Å². The number of pyridine rings is 1. The van der Waals surface area contributed by atoms with Gasteiger partial charge in [-0.1, -0.05) is 18.2 Å². The van der Waals surface area contributed by atoms with Crippen LogP contribution in [-0.2, 0) is 0 Å². The molecule has 2 aliphatic rings. The van der Waals surface area contributed by atoms with Gasteiger partial charge in [0.25, 0.3) is 0 Å². The Labute approximate surface area is 159 Å². The molecule has 5 rings (SSSR count). The third-order valence-corrected chi connectivity index (χ3v) is 5.51. The Hall–Kier alpha value is -2.89. The zero-order valence-corrected chi connectivity index (χ0v) is 15.5. The van der Waals surface area contributed by atoms with Crippen molar-refractivity contribution in [2.24, 2.45) is 0 Å². The van der Waals surface area contributed by atoms with Crippen molar-refractivity contribution in [3.8, 4) is 0 Å². The minimum atomic E-state index is 0.858. The predicted molar refractivity (Wildman–Crippen MR) is 110 cm³/mol. The fraction of sp³-hybridized carbons (Fsp3) is 0.381. The summed E-state index contributed by atoms with van der Waals surface area (Å²) in [5, 5.41) is 1.16. The van der Waals surface area contributed by atoms with Gasteiger partial charge in [0.15, 0.2) is 0 Å². The van der Waals surface area contributed by atoms with Gasteiger partial charge in [0, 0.05) is 50.9 Å². The highest BCUT2D eigenvalue weighted by Crippen LogP contribution is 2.29. The molecule has 2 aliphatic heterocycles. The van der Waals surface area contributed by atoms with E-state index in [9.17, 15) is 0 Å². The number of anilines is 3. The Morgan fingerprint density at radius 2 is 1.41 bits per heavy atom. The molecule has 0 saturated carbocycles. The van der Waals surface area contributed by atoms with Crippen molar-refractivity contribution in [2.75, 3.05) is 54.0 Å². The first-order valence-electron chi connectivity index (χ1n) is 9.81. The number of hydrogen-bond donors (Lipinski definition) is 0. The minimum absolute atomic E-state index is 0.858. The molecule has 6 nitrogen and oxygen atoms in total. The molecule has 27 heavy (non-hydrogen) atoms. The van der Waals surface area contributed by atoms with E-state index in [-0.39, 0.29) is 0 Å². The van der Waals surface area contributed by atoms with Gasteiger partial charge in [-0.15, -0.1) is 0 Å². The molecule has 0 aliphatic carbocycles. The summed E-state index contributed by atoms with van der Waals surface area (Å²) in [6.45, 7) is 5.88. The van der Waals surface area contributed by atoms with Crippen molar-refractivity contribution in [1.82, 2.24) is 15.0 Å². The van der Waals surface area contributed by atoms with Crippen LogP contribution in [-0.4, -0.2) is 54.2 Å². The maximum atomic E-state index is 5.01. The van der Waals surface area contributed by atoms with Crippen molar-refractivity contribution in [3.05, 3.63) is 48.7 Å². The molecule has 2 aromatic heterocycles.